The molecule has 1 amide bonds. The van der Waals surface area contributed by atoms with Crippen molar-refractivity contribution in [1.82, 2.24) is 9.78 Å². The first-order valence-corrected chi connectivity index (χ1v) is 6.03. The quantitative estimate of drug-likeness (QED) is 0.852. The van der Waals surface area contributed by atoms with Crippen molar-refractivity contribution in [2.24, 2.45) is 7.05 Å². The third kappa shape index (κ3) is 2.88. The van der Waals surface area contributed by atoms with Crippen molar-refractivity contribution in [1.29, 1.82) is 0 Å². The fraction of sp³-hybridized carbons (Fsp3) is 0.214. The maximum absolute atomic E-state index is 12.1. The Bertz CT molecular complexity index is 600. The summed E-state index contributed by atoms with van der Waals surface area (Å²) in [6.45, 7) is 1.96. The number of benzene rings is 1. The lowest BCUT2D eigenvalue weighted by atomic mass is 10.2. The zero-order valence-electron chi connectivity index (χ0n) is 10.9. The molecule has 98 valence electrons. The topological polar surface area (TPSA) is 64.0 Å². The molecule has 0 aliphatic heterocycles. The van der Waals surface area contributed by atoms with Crippen LogP contribution in [0.3, 0.4) is 0 Å². The Hall–Kier alpha value is -2.43. The highest BCUT2D eigenvalue weighted by Crippen LogP contribution is 2.13. The van der Waals surface area contributed by atoms with Crippen LogP contribution in [0.5, 0.6) is 0 Å². The zero-order valence-corrected chi connectivity index (χ0v) is 10.9. The van der Waals surface area contributed by atoms with Gasteiger partial charge in [-0.2, -0.15) is 5.10 Å². The normalized spacial score (nSPS) is 10.2. The Kier molecular flexibility index (Phi) is 3.75. The molecule has 0 aliphatic carbocycles. The number of aldehydes is 1. The summed E-state index contributed by atoms with van der Waals surface area (Å²) in [5.74, 6) is -0.191. The van der Waals surface area contributed by atoms with E-state index < -0.39 is 0 Å². The van der Waals surface area contributed by atoms with Crippen molar-refractivity contribution in [3.05, 3.63) is 47.3 Å². The molecule has 5 heteroatoms. The Morgan fingerprint density at radius 2 is 2.05 bits per heavy atom. The number of carbonyl (C=O) groups is 2. The van der Waals surface area contributed by atoms with E-state index in [-0.39, 0.29) is 5.91 Å². The molecule has 0 radical (unpaired) electrons. The van der Waals surface area contributed by atoms with Crippen molar-refractivity contribution in [3.63, 3.8) is 0 Å². The second kappa shape index (κ2) is 5.48. The molecule has 0 saturated heterocycles. The van der Waals surface area contributed by atoms with Crippen molar-refractivity contribution < 1.29 is 9.59 Å². The number of nitrogens with zero attached hydrogens (tertiary/aromatic N) is 2. The average molecular weight is 257 g/mol. The summed E-state index contributed by atoms with van der Waals surface area (Å²) in [6.07, 6.45) is 3.17. The predicted octanol–water partition coefficient (Wildman–Crippen LogP) is 2.05. The molecule has 2 rings (SSSR count). The average Bonchev–Trinajstić information content (AvgIpc) is 2.81. The lowest BCUT2D eigenvalue weighted by molar-refractivity contribution is 0.102. The summed E-state index contributed by atoms with van der Waals surface area (Å²) >= 11 is 0. The molecule has 0 atom stereocenters. The molecule has 0 aliphatic rings. The van der Waals surface area contributed by atoms with Crippen LogP contribution in [0.15, 0.2) is 30.5 Å². The molecule has 0 bridgehead atoms. The van der Waals surface area contributed by atoms with E-state index in [4.69, 9.17) is 0 Å². The van der Waals surface area contributed by atoms with Crippen LogP contribution in [0.2, 0.25) is 0 Å². The molecule has 2 aromatic rings. The number of aryl methyl sites for hydroxylation is 2. The van der Waals surface area contributed by atoms with Gasteiger partial charge in [-0.05, 0) is 30.7 Å². The van der Waals surface area contributed by atoms with Gasteiger partial charge in [0.05, 0.1) is 11.3 Å². The Morgan fingerprint density at radius 3 is 2.63 bits per heavy atom. The highest BCUT2D eigenvalue weighted by molar-refractivity contribution is 6.05. The molecular weight excluding hydrogens is 242 g/mol. The van der Waals surface area contributed by atoms with Gasteiger partial charge in [-0.1, -0.05) is 6.92 Å². The summed E-state index contributed by atoms with van der Waals surface area (Å²) in [6, 6.07) is 6.71. The van der Waals surface area contributed by atoms with Gasteiger partial charge in [0, 0.05) is 24.5 Å². The lowest BCUT2D eigenvalue weighted by Gasteiger charge is -2.04. The Morgan fingerprint density at radius 1 is 1.37 bits per heavy atom. The van der Waals surface area contributed by atoms with Gasteiger partial charge in [0.25, 0.3) is 5.91 Å². The molecule has 5 nitrogen and oxygen atoms in total. The van der Waals surface area contributed by atoms with Gasteiger partial charge in [-0.25, -0.2) is 0 Å². The fourth-order valence-electron chi connectivity index (χ4n) is 1.83. The molecule has 0 unspecified atom stereocenters. The van der Waals surface area contributed by atoms with Gasteiger partial charge in [0.2, 0.25) is 0 Å². The van der Waals surface area contributed by atoms with Crippen LogP contribution < -0.4 is 5.32 Å². The molecule has 1 aromatic carbocycles. The maximum atomic E-state index is 12.1. The zero-order chi connectivity index (χ0) is 13.8. The number of aromatic nitrogens is 2. The van der Waals surface area contributed by atoms with Crippen LogP contribution in [-0.2, 0) is 13.5 Å². The predicted molar refractivity (Wildman–Crippen MR) is 72.4 cm³/mol. The van der Waals surface area contributed by atoms with Gasteiger partial charge in [-0.15, -0.1) is 0 Å². The first-order valence-electron chi connectivity index (χ1n) is 6.03. The van der Waals surface area contributed by atoms with Crippen molar-refractivity contribution >= 4 is 17.9 Å². The van der Waals surface area contributed by atoms with Gasteiger partial charge >= 0.3 is 0 Å². The fourth-order valence-corrected chi connectivity index (χ4v) is 1.83. The Balaban J connectivity index is 2.17. The highest BCUT2D eigenvalue weighted by atomic mass is 16.1. The minimum atomic E-state index is -0.191. The summed E-state index contributed by atoms with van der Waals surface area (Å²) in [4.78, 5) is 22.7. The smallest absolute Gasteiger partial charge is 0.259 e. The summed E-state index contributed by atoms with van der Waals surface area (Å²) in [7, 11) is 1.79. The molecule has 1 N–H and O–H groups in total. The SMILES string of the molecule is CCc1nn(C)cc1C(=O)Nc1ccc(C=O)cc1. The molecule has 1 heterocycles. The molecule has 19 heavy (non-hydrogen) atoms. The molecular formula is C14H15N3O2. The summed E-state index contributed by atoms with van der Waals surface area (Å²) in [5.41, 5.74) is 2.57. The highest BCUT2D eigenvalue weighted by Gasteiger charge is 2.14. The van der Waals surface area contributed by atoms with E-state index >= 15 is 0 Å². The monoisotopic (exact) mass is 257 g/mol. The third-order valence-electron chi connectivity index (χ3n) is 2.79. The molecule has 0 saturated carbocycles. The van der Waals surface area contributed by atoms with Crippen molar-refractivity contribution in [2.75, 3.05) is 5.32 Å². The first-order chi connectivity index (χ1) is 9.13. The van der Waals surface area contributed by atoms with E-state index in [1.165, 1.54) is 0 Å². The number of nitrogens with one attached hydrogen (secondary N) is 1. The second-order valence-electron chi connectivity index (χ2n) is 4.21. The maximum Gasteiger partial charge on any atom is 0.259 e. The summed E-state index contributed by atoms with van der Waals surface area (Å²) < 4.78 is 1.63. The van der Waals surface area contributed by atoms with Crippen LogP contribution >= 0.6 is 0 Å². The number of hydrogen-bond acceptors (Lipinski definition) is 3. The number of hydrogen-bond donors (Lipinski definition) is 1. The van der Waals surface area contributed by atoms with E-state index in [0.29, 0.717) is 23.2 Å². The van der Waals surface area contributed by atoms with E-state index in [9.17, 15) is 9.59 Å². The van der Waals surface area contributed by atoms with Gasteiger partial charge in [0.1, 0.15) is 6.29 Å². The minimum Gasteiger partial charge on any atom is -0.322 e. The number of rotatable bonds is 4. The van der Waals surface area contributed by atoms with E-state index in [2.05, 4.69) is 10.4 Å². The summed E-state index contributed by atoms with van der Waals surface area (Å²) in [5, 5.41) is 7.02. The van der Waals surface area contributed by atoms with Crippen LogP contribution in [-0.4, -0.2) is 22.0 Å². The molecule has 1 aromatic heterocycles. The third-order valence-corrected chi connectivity index (χ3v) is 2.79. The Labute approximate surface area is 111 Å². The number of amides is 1. The van der Waals surface area contributed by atoms with Gasteiger partial charge < -0.3 is 5.32 Å². The number of carbonyl (C=O) groups excluding carboxylic acids is 2. The van der Waals surface area contributed by atoms with Crippen LogP contribution in [0.1, 0.15) is 33.3 Å². The van der Waals surface area contributed by atoms with E-state index in [1.807, 2.05) is 6.92 Å². The van der Waals surface area contributed by atoms with E-state index in [1.54, 1.807) is 42.2 Å². The van der Waals surface area contributed by atoms with Gasteiger partial charge in [0.15, 0.2) is 0 Å². The second-order valence-corrected chi connectivity index (χ2v) is 4.21. The minimum absolute atomic E-state index is 0.191. The van der Waals surface area contributed by atoms with E-state index in [0.717, 1.165) is 12.0 Å². The standard InChI is InChI=1S/C14H15N3O2/c1-3-13-12(8-17(2)16-13)14(19)15-11-6-4-10(9-18)5-7-11/h4-9H,3H2,1-2H3,(H,15,19). The lowest BCUT2D eigenvalue weighted by Crippen LogP contribution is -2.13. The molecule has 0 spiro atoms. The van der Waals surface area contributed by atoms with Crippen molar-refractivity contribution in [2.45, 2.75) is 13.3 Å². The van der Waals surface area contributed by atoms with Crippen molar-refractivity contribution in [3.8, 4) is 0 Å². The number of anilines is 1. The first kappa shape index (κ1) is 13.0. The van der Waals surface area contributed by atoms with Crippen LogP contribution in [0.4, 0.5) is 5.69 Å². The largest absolute Gasteiger partial charge is 0.322 e. The van der Waals surface area contributed by atoms with Gasteiger partial charge in [-0.3, -0.25) is 14.3 Å². The van der Waals surface area contributed by atoms with Crippen LogP contribution in [0.25, 0.3) is 0 Å². The molecule has 0 fully saturated rings. The van der Waals surface area contributed by atoms with Crippen LogP contribution in [0, 0.1) is 0 Å².